The molecule has 0 bridgehead atoms. The number of allylic oxidation sites excluding steroid dienone is 2. The fourth-order valence-electron chi connectivity index (χ4n) is 1.31. The van der Waals surface area contributed by atoms with Crippen LogP contribution in [0.15, 0.2) is 53.5 Å². The third-order valence-corrected chi connectivity index (χ3v) is 3.84. The second kappa shape index (κ2) is 7.62. The third kappa shape index (κ3) is 5.38. The minimum atomic E-state index is -3.50. The largest absolute Gasteiger partial charge is 0.466 e. The molecular formula is C14H17NO4S. The minimum absolute atomic E-state index is 0.141. The van der Waals surface area contributed by atoms with Crippen LogP contribution < -0.4 is 4.72 Å². The predicted molar refractivity (Wildman–Crippen MR) is 76.7 cm³/mol. The monoisotopic (exact) mass is 295 g/mol. The Morgan fingerprint density at radius 2 is 1.90 bits per heavy atom. The van der Waals surface area contributed by atoms with Gasteiger partial charge in [0.05, 0.1) is 12.0 Å². The molecule has 5 nitrogen and oxygen atoms in total. The first kappa shape index (κ1) is 16.1. The number of rotatable bonds is 6. The normalized spacial score (nSPS) is 12.1. The van der Waals surface area contributed by atoms with Crippen molar-refractivity contribution in [1.82, 2.24) is 4.72 Å². The van der Waals surface area contributed by atoms with E-state index in [9.17, 15) is 13.2 Å². The number of methoxy groups -OCH3 is 1. The molecule has 20 heavy (non-hydrogen) atoms. The number of hydrogen-bond acceptors (Lipinski definition) is 4. The van der Waals surface area contributed by atoms with E-state index in [4.69, 9.17) is 0 Å². The van der Waals surface area contributed by atoms with Gasteiger partial charge in [0.15, 0.2) is 0 Å². The maximum Gasteiger partial charge on any atom is 0.330 e. The van der Waals surface area contributed by atoms with Crippen LogP contribution >= 0.6 is 0 Å². The van der Waals surface area contributed by atoms with Crippen molar-refractivity contribution in [3.05, 3.63) is 54.1 Å². The summed E-state index contributed by atoms with van der Waals surface area (Å²) in [5.74, 6) is -0.463. The van der Waals surface area contributed by atoms with Gasteiger partial charge >= 0.3 is 5.97 Å². The number of sulfonamides is 1. The maximum absolute atomic E-state index is 11.9. The number of hydrogen-bond donors (Lipinski definition) is 1. The Labute approximate surface area is 119 Å². The SMILES string of the molecule is COC(=O)/C=C/C=C/CNS(=O)(=O)c1ccc(C)cc1. The van der Waals surface area contributed by atoms with Gasteiger partial charge in [-0.15, -0.1) is 0 Å². The average Bonchev–Trinajstić information content (AvgIpc) is 2.42. The number of aryl methyl sites for hydroxylation is 1. The van der Waals surface area contributed by atoms with Crippen molar-refractivity contribution in [3.63, 3.8) is 0 Å². The topological polar surface area (TPSA) is 72.5 Å². The van der Waals surface area contributed by atoms with Crippen molar-refractivity contribution in [2.24, 2.45) is 0 Å². The van der Waals surface area contributed by atoms with E-state index >= 15 is 0 Å². The van der Waals surface area contributed by atoms with Crippen LogP contribution in [0.3, 0.4) is 0 Å². The molecule has 0 saturated heterocycles. The van der Waals surface area contributed by atoms with Crippen LogP contribution in [0.2, 0.25) is 0 Å². The lowest BCUT2D eigenvalue weighted by molar-refractivity contribution is -0.134. The summed E-state index contributed by atoms with van der Waals surface area (Å²) in [5, 5.41) is 0. The van der Waals surface area contributed by atoms with Gasteiger partial charge < -0.3 is 4.74 Å². The summed E-state index contributed by atoms with van der Waals surface area (Å²) in [7, 11) is -2.22. The van der Waals surface area contributed by atoms with Crippen LogP contribution in [0.25, 0.3) is 0 Å². The van der Waals surface area contributed by atoms with Gasteiger partial charge in [-0.2, -0.15) is 0 Å². The van der Waals surface area contributed by atoms with E-state index in [0.717, 1.165) is 5.56 Å². The highest BCUT2D eigenvalue weighted by molar-refractivity contribution is 7.89. The lowest BCUT2D eigenvalue weighted by atomic mass is 10.2. The predicted octanol–water partition coefficient (Wildman–Crippen LogP) is 1.56. The number of ether oxygens (including phenoxy) is 1. The zero-order valence-corrected chi connectivity index (χ0v) is 12.2. The van der Waals surface area contributed by atoms with E-state index in [2.05, 4.69) is 9.46 Å². The summed E-state index contributed by atoms with van der Waals surface area (Å²) in [6.07, 6.45) is 5.87. The molecule has 0 spiro atoms. The van der Waals surface area contributed by atoms with E-state index < -0.39 is 16.0 Å². The summed E-state index contributed by atoms with van der Waals surface area (Å²) in [6.45, 7) is 2.03. The van der Waals surface area contributed by atoms with Crippen LogP contribution in [0.4, 0.5) is 0 Å². The number of nitrogens with one attached hydrogen (secondary N) is 1. The van der Waals surface area contributed by atoms with Crippen molar-refractivity contribution >= 4 is 16.0 Å². The number of carbonyl (C=O) groups excluding carboxylic acids is 1. The summed E-state index contributed by atoms with van der Waals surface area (Å²) in [4.78, 5) is 11.0. The molecule has 1 aromatic carbocycles. The van der Waals surface area contributed by atoms with Gasteiger partial charge in [0, 0.05) is 12.6 Å². The summed E-state index contributed by atoms with van der Waals surface area (Å²) >= 11 is 0. The molecule has 0 saturated carbocycles. The molecule has 0 heterocycles. The number of carbonyl (C=O) groups is 1. The Morgan fingerprint density at radius 3 is 2.50 bits per heavy atom. The highest BCUT2D eigenvalue weighted by Gasteiger charge is 2.11. The molecule has 0 radical (unpaired) electrons. The van der Waals surface area contributed by atoms with E-state index in [0.29, 0.717) is 0 Å². The van der Waals surface area contributed by atoms with Crippen molar-refractivity contribution in [2.45, 2.75) is 11.8 Å². The lowest BCUT2D eigenvalue weighted by Crippen LogP contribution is -2.23. The first-order chi connectivity index (χ1) is 9.45. The second-order valence-corrected chi connectivity index (χ2v) is 5.74. The van der Waals surface area contributed by atoms with Crippen LogP contribution in [0.5, 0.6) is 0 Å². The van der Waals surface area contributed by atoms with Crippen LogP contribution in [-0.4, -0.2) is 28.0 Å². The zero-order valence-electron chi connectivity index (χ0n) is 11.4. The molecule has 1 N–H and O–H groups in total. The standard InChI is InChI=1S/C14H17NO4S/c1-12-7-9-13(10-8-12)20(17,18)15-11-5-3-4-6-14(16)19-2/h3-10,15H,11H2,1-2H3/b5-3+,6-4+. The first-order valence-corrected chi connectivity index (χ1v) is 7.41. The fourth-order valence-corrected chi connectivity index (χ4v) is 2.28. The quantitative estimate of drug-likeness (QED) is 0.491. The Balaban J connectivity index is 2.52. The highest BCUT2D eigenvalue weighted by atomic mass is 32.2. The Morgan fingerprint density at radius 1 is 1.25 bits per heavy atom. The summed E-state index contributed by atoms with van der Waals surface area (Å²) < 4.78 is 30.6. The second-order valence-electron chi connectivity index (χ2n) is 3.98. The van der Waals surface area contributed by atoms with Gasteiger partial charge in [0.25, 0.3) is 0 Å². The van der Waals surface area contributed by atoms with Crippen LogP contribution in [-0.2, 0) is 19.6 Å². The Kier molecular flexibility index (Phi) is 6.14. The van der Waals surface area contributed by atoms with Gasteiger partial charge in [0.1, 0.15) is 0 Å². The van der Waals surface area contributed by atoms with Crippen LogP contribution in [0, 0.1) is 6.92 Å². The third-order valence-electron chi connectivity index (χ3n) is 2.40. The molecule has 0 amide bonds. The van der Waals surface area contributed by atoms with Gasteiger partial charge in [-0.3, -0.25) is 0 Å². The number of esters is 1. The van der Waals surface area contributed by atoms with E-state index in [1.165, 1.54) is 19.3 Å². The molecule has 0 aliphatic heterocycles. The summed E-state index contributed by atoms with van der Waals surface area (Å²) in [5.41, 5.74) is 0.997. The molecule has 0 aliphatic carbocycles. The minimum Gasteiger partial charge on any atom is -0.466 e. The lowest BCUT2D eigenvalue weighted by Gasteiger charge is -2.04. The van der Waals surface area contributed by atoms with Crippen molar-refractivity contribution in [3.8, 4) is 0 Å². The number of benzene rings is 1. The van der Waals surface area contributed by atoms with E-state index in [-0.39, 0.29) is 11.4 Å². The van der Waals surface area contributed by atoms with E-state index in [1.54, 1.807) is 36.4 Å². The molecule has 1 aromatic rings. The molecule has 0 aromatic heterocycles. The highest BCUT2D eigenvalue weighted by Crippen LogP contribution is 2.09. The zero-order chi connectivity index (χ0) is 15.0. The molecule has 0 atom stereocenters. The molecule has 1 rings (SSSR count). The molecule has 6 heteroatoms. The molecule has 108 valence electrons. The van der Waals surface area contributed by atoms with Crippen molar-refractivity contribution < 1.29 is 17.9 Å². The molecule has 0 unspecified atom stereocenters. The average molecular weight is 295 g/mol. The van der Waals surface area contributed by atoms with Gasteiger partial charge in [-0.1, -0.05) is 35.9 Å². The van der Waals surface area contributed by atoms with Gasteiger partial charge in [-0.05, 0) is 19.1 Å². The summed E-state index contributed by atoms with van der Waals surface area (Å²) in [6, 6.07) is 6.59. The molecule has 0 aliphatic rings. The van der Waals surface area contributed by atoms with Gasteiger partial charge in [0.2, 0.25) is 10.0 Å². The molecular weight excluding hydrogens is 278 g/mol. The maximum atomic E-state index is 11.9. The van der Waals surface area contributed by atoms with Crippen molar-refractivity contribution in [2.75, 3.05) is 13.7 Å². The Hall–Kier alpha value is -1.92. The molecule has 0 fully saturated rings. The van der Waals surface area contributed by atoms with Gasteiger partial charge in [-0.25, -0.2) is 17.9 Å². The fraction of sp³-hybridized carbons (Fsp3) is 0.214. The smallest absolute Gasteiger partial charge is 0.330 e. The van der Waals surface area contributed by atoms with Crippen LogP contribution in [0.1, 0.15) is 5.56 Å². The van der Waals surface area contributed by atoms with E-state index in [1.807, 2.05) is 6.92 Å². The van der Waals surface area contributed by atoms with Crippen molar-refractivity contribution in [1.29, 1.82) is 0 Å². The first-order valence-electron chi connectivity index (χ1n) is 5.93. The Bertz CT molecular complexity index is 601.